The summed E-state index contributed by atoms with van der Waals surface area (Å²) in [5.74, 6) is 0.618. The summed E-state index contributed by atoms with van der Waals surface area (Å²) in [5.41, 5.74) is 13.4. The zero-order chi connectivity index (χ0) is 37.5. The summed E-state index contributed by atoms with van der Waals surface area (Å²) >= 11 is 0. The molecule has 0 saturated carbocycles. The van der Waals surface area contributed by atoms with Crippen molar-refractivity contribution in [3.63, 3.8) is 0 Å². The van der Waals surface area contributed by atoms with Gasteiger partial charge in [0.1, 0.15) is 22.3 Å². The van der Waals surface area contributed by atoms with E-state index in [-0.39, 0.29) is 0 Å². The fourth-order valence-corrected chi connectivity index (χ4v) is 8.61. The highest BCUT2D eigenvalue weighted by Gasteiger charge is 2.22. The normalized spacial score (nSPS) is 11.9. The molecule has 0 saturated heterocycles. The van der Waals surface area contributed by atoms with Gasteiger partial charge in [0.2, 0.25) is 0 Å². The van der Waals surface area contributed by atoms with Crippen LogP contribution in [0, 0.1) is 0 Å². The molecule has 0 N–H and O–H groups in total. The number of benzene rings is 8. The minimum Gasteiger partial charge on any atom is -0.455 e. The van der Waals surface area contributed by atoms with Crippen LogP contribution < -0.4 is 0 Å². The Bertz CT molecular complexity index is 3450. The molecule has 8 aromatic carbocycles. The van der Waals surface area contributed by atoms with Crippen molar-refractivity contribution in [1.82, 2.24) is 14.5 Å². The molecule has 0 fully saturated rings. The zero-order valence-electron chi connectivity index (χ0n) is 30.6. The average Bonchev–Trinajstić information content (AvgIpc) is 3.96. The van der Waals surface area contributed by atoms with Crippen LogP contribution in [0.4, 0.5) is 0 Å². The number of hydrogen-bond donors (Lipinski definition) is 0. The quantitative estimate of drug-likeness (QED) is 0.177. The Morgan fingerprint density at radius 2 is 0.947 bits per heavy atom. The number of aromatic nitrogens is 3. The van der Waals surface area contributed by atoms with Gasteiger partial charge in [-0.3, -0.25) is 0 Å². The third-order valence-corrected chi connectivity index (χ3v) is 11.2. The third-order valence-electron chi connectivity index (χ3n) is 11.2. The number of fused-ring (bicyclic) bond motifs is 10. The van der Waals surface area contributed by atoms with E-state index in [1.807, 2.05) is 48.5 Å². The van der Waals surface area contributed by atoms with Crippen LogP contribution in [0.3, 0.4) is 0 Å². The van der Waals surface area contributed by atoms with E-state index in [1.54, 1.807) is 0 Å². The van der Waals surface area contributed by atoms with Crippen LogP contribution in [-0.4, -0.2) is 14.5 Å². The largest absolute Gasteiger partial charge is 0.455 e. The van der Waals surface area contributed by atoms with Crippen molar-refractivity contribution < 1.29 is 8.83 Å². The molecule has 0 aliphatic heterocycles. The van der Waals surface area contributed by atoms with Gasteiger partial charge in [0.15, 0.2) is 5.82 Å². The molecule has 0 unspecified atom stereocenters. The van der Waals surface area contributed by atoms with Gasteiger partial charge in [-0.05, 0) is 54.1 Å². The van der Waals surface area contributed by atoms with Crippen molar-refractivity contribution in [2.45, 2.75) is 0 Å². The summed E-state index contributed by atoms with van der Waals surface area (Å²) in [6.45, 7) is 0. The van der Waals surface area contributed by atoms with Crippen molar-refractivity contribution in [2.24, 2.45) is 0 Å². The molecule has 0 amide bonds. The van der Waals surface area contributed by atoms with E-state index in [4.69, 9.17) is 18.8 Å². The van der Waals surface area contributed by atoms with Crippen LogP contribution in [0.5, 0.6) is 0 Å². The van der Waals surface area contributed by atoms with E-state index >= 15 is 0 Å². The van der Waals surface area contributed by atoms with Crippen LogP contribution in [0.25, 0.3) is 116 Å². The van der Waals surface area contributed by atoms with Crippen LogP contribution in [-0.2, 0) is 0 Å². The maximum absolute atomic E-state index is 7.10. The summed E-state index contributed by atoms with van der Waals surface area (Å²) in [6, 6.07) is 65.3. The first-order chi connectivity index (χ1) is 28.3. The Balaban J connectivity index is 1.11. The second kappa shape index (κ2) is 12.4. The maximum Gasteiger partial charge on any atom is 0.164 e. The molecule has 12 rings (SSSR count). The number of rotatable bonds is 5. The average molecular weight is 730 g/mol. The monoisotopic (exact) mass is 729 g/mol. The Hall–Kier alpha value is -7.76. The minimum absolute atomic E-state index is 0.618. The summed E-state index contributed by atoms with van der Waals surface area (Å²) < 4.78 is 15.9. The molecule has 0 aliphatic rings. The number of hydrogen-bond acceptors (Lipinski definition) is 4. The molecule has 0 atom stereocenters. The van der Waals surface area contributed by atoms with Crippen molar-refractivity contribution in [2.75, 3.05) is 0 Å². The van der Waals surface area contributed by atoms with Gasteiger partial charge in [-0.25, -0.2) is 9.97 Å². The smallest absolute Gasteiger partial charge is 0.164 e. The van der Waals surface area contributed by atoms with Gasteiger partial charge >= 0.3 is 0 Å². The van der Waals surface area contributed by atoms with Crippen LogP contribution in [0.15, 0.2) is 197 Å². The zero-order valence-corrected chi connectivity index (χ0v) is 30.6. The summed E-state index contributed by atoms with van der Waals surface area (Å²) in [4.78, 5) is 10.3. The highest BCUT2D eigenvalue weighted by Crippen LogP contribution is 2.44. The molecule has 266 valence electrons. The highest BCUT2D eigenvalue weighted by atomic mass is 16.3. The molecule has 57 heavy (non-hydrogen) atoms. The van der Waals surface area contributed by atoms with Gasteiger partial charge in [0, 0.05) is 49.3 Å². The lowest BCUT2D eigenvalue weighted by Crippen LogP contribution is -1.96. The van der Waals surface area contributed by atoms with E-state index in [2.05, 4.69) is 144 Å². The Kier molecular flexibility index (Phi) is 6.86. The highest BCUT2D eigenvalue weighted by molar-refractivity contribution is 6.25. The molecule has 0 bridgehead atoms. The molecule has 0 radical (unpaired) electrons. The summed E-state index contributed by atoms with van der Waals surface area (Å²) in [5, 5.41) is 6.47. The molecule has 4 aromatic heterocycles. The van der Waals surface area contributed by atoms with Gasteiger partial charge in [0.25, 0.3) is 0 Å². The van der Waals surface area contributed by atoms with Gasteiger partial charge in [0.05, 0.1) is 33.4 Å². The first-order valence-corrected chi connectivity index (χ1v) is 19.2. The SMILES string of the molecule is c1ccc(-c2cc(-c3ccccc3)nc(-c3cccc4c3oc3c4ccc4c3c3ccc(-c5cccc6c5oc5ccccc56)cc3n4-c3ccccc3)n2)cc1. The summed E-state index contributed by atoms with van der Waals surface area (Å²) in [6.07, 6.45) is 0. The molecular weight excluding hydrogens is 699 g/mol. The maximum atomic E-state index is 7.10. The minimum atomic E-state index is 0.618. The predicted octanol–water partition coefficient (Wildman–Crippen LogP) is 14.0. The van der Waals surface area contributed by atoms with Crippen molar-refractivity contribution in [1.29, 1.82) is 0 Å². The third kappa shape index (κ3) is 4.89. The Labute approximate surface area is 326 Å². The van der Waals surface area contributed by atoms with Gasteiger partial charge in [-0.2, -0.15) is 0 Å². The van der Waals surface area contributed by atoms with Gasteiger partial charge < -0.3 is 13.4 Å². The lowest BCUT2D eigenvalue weighted by Gasteiger charge is -2.09. The molecule has 0 aliphatic carbocycles. The standard InChI is InChI=1S/C52H31N3O2/c1-4-14-32(15-5-1)43-31-44(33-16-6-2-7-17-33)54-52(53-43)42-24-13-23-39-40-28-29-45-48(51(40)57-50(39)42)41-27-26-34(30-46(41)55(45)35-18-8-3-9-19-35)36-21-12-22-38-37-20-10-11-25-47(37)56-49(36)38/h1-31H. The topological polar surface area (TPSA) is 57.0 Å². The van der Waals surface area contributed by atoms with E-state index in [0.717, 1.165) is 111 Å². The Morgan fingerprint density at radius 1 is 0.368 bits per heavy atom. The molecule has 5 nitrogen and oxygen atoms in total. The molecule has 4 heterocycles. The molecule has 5 heteroatoms. The first-order valence-electron chi connectivity index (χ1n) is 19.2. The molecular formula is C52H31N3O2. The van der Waals surface area contributed by atoms with Crippen molar-refractivity contribution in [3.05, 3.63) is 188 Å². The van der Waals surface area contributed by atoms with Crippen LogP contribution in [0.1, 0.15) is 0 Å². The van der Waals surface area contributed by atoms with E-state index in [1.165, 1.54) is 0 Å². The number of para-hydroxylation sites is 4. The molecule has 12 aromatic rings. The first kappa shape index (κ1) is 31.6. The summed E-state index contributed by atoms with van der Waals surface area (Å²) in [7, 11) is 0. The van der Waals surface area contributed by atoms with E-state index in [0.29, 0.717) is 5.82 Å². The number of nitrogens with zero attached hydrogens (tertiary/aromatic N) is 3. The lowest BCUT2D eigenvalue weighted by molar-refractivity contribution is 0.670. The molecule has 0 spiro atoms. The van der Waals surface area contributed by atoms with Gasteiger partial charge in [-0.1, -0.05) is 140 Å². The van der Waals surface area contributed by atoms with E-state index < -0.39 is 0 Å². The second-order valence-electron chi connectivity index (χ2n) is 14.5. The van der Waals surface area contributed by atoms with Crippen LogP contribution in [0.2, 0.25) is 0 Å². The second-order valence-corrected chi connectivity index (χ2v) is 14.5. The van der Waals surface area contributed by atoms with Crippen molar-refractivity contribution in [3.8, 4) is 50.7 Å². The fraction of sp³-hybridized carbons (Fsp3) is 0. The van der Waals surface area contributed by atoms with Gasteiger partial charge in [-0.15, -0.1) is 0 Å². The van der Waals surface area contributed by atoms with Crippen LogP contribution >= 0.6 is 0 Å². The van der Waals surface area contributed by atoms with E-state index in [9.17, 15) is 0 Å². The number of furan rings is 2. The fourth-order valence-electron chi connectivity index (χ4n) is 8.61. The lowest BCUT2D eigenvalue weighted by atomic mass is 10.0. The van der Waals surface area contributed by atoms with Crippen molar-refractivity contribution >= 4 is 65.7 Å². The predicted molar refractivity (Wildman–Crippen MR) is 233 cm³/mol. The Morgan fingerprint density at radius 3 is 1.68 bits per heavy atom.